The Bertz CT molecular complexity index is 522. The van der Waals surface area contributed by atoms with E-state index in [4.69, 9.17) is 0 Å². The maximum atomic E-state index is 12.4. The van der Waals surface area contributed by atoms with Crippen molar-refractivity contribution in [3.8, 4) is 0 Å². The van der Waals surface area contributed by atoms with Gasteiger partial charge in [-0.3, -0.25) is 4.79 Å². The monoisotopic (exact) mass is 302 g/mol. The van der Waals surface area contributed by atoms with Crippen LogP contribution in [-0.4, -0.2) is 17.0 Å². The Balaban J connectivity index is 1.72. The van der Waals surface area contributed by atoms with Crippen molar-refractivity contribution in [2.24, 2.45) is 28.6 Å². The smallest absolute Gasteiger partial charge is 0.139 e. The first-order valence-electron chi connectivity index (χ1n) is 9.42. The number of carbonyl (C=O) groups is 1. The van der Waals surface area contributed by atoms with E-state index in [0.29, 0.717) is 23.0 Å². The highest BCUT2D eigenvalue weighted by Crippen LogP contribution is 2.64. The lowest BCUT2D eigenvalue weighted by Gasteiger charge is -2.58. The zero-order valence-electron chi connectivity index (χ0n) is 14.1. The van der Waals surface area contributed by atoms with Gasteiger partial charge in [-0.2, -0.15) is 0 Å². The Morgan fingerprint density at radius 2 is 2.05 bits per heavy atom. The molecule has 0 spiro atoms. The zero-order valence-corrected chi connectivity index (χ0v) is 14.1. The van der Waals surface area contributed by atoms with E-state index >= 15 is 0 Å². The van der Waals surface area contributed by atoms with Crippen LogP contribution in [0.4, 0.5) is 0 Å². The van der Waals surface area contributed by atoms with E-state index < -0.39 is 0 Å². The lowest BCUT2D eigenvalue weighted by atomic mass is 9.47. The third-order valence-electron chi connectivity index (χ3n) is 8.14. The molecule has 0 radical (unpaired) electrons. The molecule has 22 heavy (non-hydrogen) atoms. The fourth-order valence-electron chi connectivity index (χ4n) is 6.87. The van der Waals surface area contributed by atoms with Crippen LogP contribution >= 0.6 is 0 Å². The van der Waals surface area contributed by atoms with Gasteiger partial charge in [0.05, 0.1) is 6.10 Å². The molecular formula is C20H30O2. The topological polar surface area (TPSA) is 37.3 Å². The van der Waals surface area contributed by atoms with Crippen LogP contribution in [0.15, 0.2) is 11.6 Å². The van der Waals surface area contributed by atoms with E-state index in [-0.39, 0.29) is 11.5 Å². The first-order valence-corrected chi connectivity index (χ1v) is 9.42. The van der Waals surface area contributed by atoms with Gasteiger partial charge < -0.3 is 5.11 Å². The van der Waals surface area contributed by atoms with Crippen molar-refractivity contribution in [3.05, 3.63) is 11.6 Å². The van der Waals surface area contributed by atoms with E-state index in [0.717, 1.165) is 50.9 Å². The molecule has 0 bridgehead atoms. The van der Waals surface area contributed by atoms with Crippen LogP contribution in [0.1, 0.15) is 71.6 Å². The fourth-order valence-corrected chi connectivity index (χ4v) is 6.87. The summed E-state index contributed by atoms with van der Waals surface area (Å²) in [5, 5.41) is 10.1. The van der Waals surface area contributed by atoms with Gasteiger partial charge in [0.15, 0.2) is 0 Å². The van der Waals surface area contributed by atoms with Crippen molar-refractivity contribution in [2.45, 2.75) is 77.7 Å². The number of hydrogen-bond acceptors (Lipinski definition) is 2. The molecule has 2 nitrogen and oxygen atoms in total. The van der Waals surface area contributed by atoms with Gasteiger partial charge in [0.25, 0.3) is 0 Å². The van der Waals surface area contributed by atoms with Crippen molar-refractivity contribution in [1.82, 2.24) is 0 Å². The fraction of sp³-hybridized carbons (Fsp3) is 0.850. The van der Waals surface area contributed by atoms with Crippen LogP contribution in [0.3, 0.4) is 0 Å². The van der Waals surface area contributed by atoms with E-state index in [1.807, 2.05) is 0 Å². The Morgan fingerprint density at radius 3 is 2.82 bits per heavy atom. The predicted octanol–water partition coefficient (Wildman–Crippen LogP) is 4.27. The molecule has 0 aromatic heterocycles. The zero-order chi connectivity index (χ0) is 15.5. The third kappa shape index (κ3) is 1.79. The first kappa shape index (κ1) is 14.9. The summed E-state index contributed by atoms with van der Waals surface area (Å²) in [5.41, 5.74) is 1.88. The van der Waals surface area contributed by atoms with Gasteiger partial charge in [-0.05, 0) is 74.5 Å². The van der Waals surface area contributed by atoms with Crippen LogP contribution in [0.5, 0.6) is 0 Å². The molecule has 3 unspecified atom stereocenters. The quantitative estimate of drug-likeness (QED) is 0.734. The summed E-state index contributed by atoms with van der Waals surface area (Å²) in [6.45, 7) is 4.60. The molecule has 0 aliphatic heterocycles. The third-order valence-corrected chi connectivity index (χ3v) is 8.14. The highest BCUT2D eigenvalue weighted by Gasteiger charge is 2.59. The van der Waals surface area contributed by atoms with Gasteiger partial charge >= 0.3 is 0 Å². The first-order chi connectivity index (χ1) is 10.5. The molecule has 3 saturated carbocycles. The molecule has 1 N–H and O–H groups in total. The second-order valence-corrected chi connectivity index (χ2v) is 8.67. The molecule has 3 fully saturated rings. The number of carbonyl (C=O) groups excluding carboxylic acids is 1. The minimum Gasteiger partial charge on any atom is -0.393 e. The Kier molecular flexibility index (Phi) is 3.35. The van der Waals surface area contributed by atoms with Crippen LogP contribution in [0.2, 0.25) is 0 Å². The van der Waals surface area contributed by atoms with Crippen molar-refractivity contribution in [1.29, 1.82) is 0 Å². The van der Waals surface area contributed by atoms with Crippen LogP contribution < -0.4 is 0 Å². The molecular weight excluding hydrogens is 272 g/mol. The average molecular weight is 302 g/mol. The number of rotatable bonds is 1. The molecule has 0 aromatic rings. The van der Waals surface area contributed by atoms with Crippen molar-refractivity contribution >= 4 is 5.78 Å². The molecule has 0 aromatic carbocycles. The highest BCUT2D eigenvalue weighted by molar-refractivity contribution is 5.87. The Hall–Kier alpha value is -0.630. The van der Waals surface area contributed by atoms with E-state index in [1.54, 1.807) is 5.57 Å². The van der Waals surface area contributed by atoms with Gasteiger partial charge in [-0.1, -0.05) is 25.5 Å². The molecule has 0 amide bonds. The molecule has 4 rings (SSSR count). The summed E-state index contributed by atoms with van der Waals surface area (Å²) in [6.07, 6.45) is 12.0. The molecule has 0 heterocycles. The Labute approximate surface area is 134 Å². The highest BCUT2D eigenvalue weighted by atomic mass is 16.3. The summed E-state index contributed by atoms with van der Waals surface area (Å²) in [6, 6.07) is 0. The molecule has 4 aliphatic rings. The number of hydrogen-bond donors (Lipinski definition) is 1. The van der Waals surface area contributed by atoms with E-state index in [9.17, 15) is 9.90 Å². The Morgan fingerprint density at radius 1 is 1.23 bits per heavy atom. The van der Waals surface area contributed by atoms with Crippen molar-refractivity contribution < 1.29 is 9.90 Å². The van der Waals surface area contributed by atoms with Gasteiger partial charge in [-0.15, -0.1) is 0 Å². The average Bonchev–Trinajstić information content (AvgIpc) is 2.82. The van der Waals surface area contributed by atoms with Gasteiger partial charge in [-0.25, -0.2) is 0 Å². The van der Waals surface area contributed by atoms with Crippen molar-refractivity contribution in [3.63, 3.8) is 0 Å². The molecule has 0 saturated heterocycles. The maximum Gasteiger partial charge on any atom is 0.139 e. The lowest BCUT2D eigenvalue weighted by Crippen LogP contribution is -2.51. The molecule has 4 aliphatic carbocycles. The van der Waals surface area contributed by atoms with E-state index in [2.05, 4.69) is 19.9 Å². The number of aliphatic hydroxyl groups is 1. The predicted molar refractivity (Wildman–Crippen MR) is 87.3 cm³/mol. The SMILES string of the molecule is CC[C@]12CC[C@H](O)CC1=CCC1C2CC[C@]2(C)C(=O)CCC12. The molecule has 6 atom stereocenters. The summed E-state index contributed by atoms with van der Waals surface area (Å²) in [5.74, 6) is 2.63. The van der Waals surface area contributed by atoms with Crippen LogP contribution in [-0.2, 0) is 4.79 Å². The number of Topliss-reactive ketones (excluding diaryl/α,β-unsaturated/α-hetero) is 1. The number of ketones is 1. The van der Waals surface area contributed by atoms with Crippen LogP contribution in [0, 0.1) is 28.6 Å². The summed E-state index contributed by atoms with van der Waals surface area (Å²) in [4.78, 5) is 12.4. The van der Waals surface area contributed by atoms with Gasteiger partial charge in [0, 0.05) is 11.8 Å². The normalized spacial score (nSPS) is 50.9. The summed E-state index contributed by atoms with van der Waals surface area (Å²) < 4.78 is 0. The number of allylic oxidation sites excluding steroid dienone is 1. The number of fused-ring (bicyclic) bond motifs is 5. The molecule has 122 valence electrons. The van der Waals surface area contributed by atoms with Crippen LogP contribution in [0.25, 0.3) is 0 Å². The minimum atomic E-state index is -0.121. The largest absolute Gasteiger partial charge is 0.393 e. The summed E-state index contributed by atoms with van der Waals surface area (Å²) >= 11 is 0. The van der Waals surface area contributed by atoms with Crippen molar-refractivity contribution in [2.75, 3.05) is 0 Å². The van der Waals surface area contributed by atoms with E-state index in [1.165, 1.54) is 12.8 Å². The molecule has 2 heteroatoms. The van der Waals surface area contributed by atoms with Gasteiger partial charge in [0.2, 0.25) is 0 Å². The summed E-state index contributed by atoms with van der Waals surface area (Å²) in [7, 11) is 0. The maximum absolute atomic E-state index is 12.4. The minimum absolute atomic E-state index is 0.0182. The standard InChI is InChI=1S/C20H30O2/c1-3-20-11-8-14(21)12-13(20)4-5-15-16-6-7-18(22)19(16,2)10-9-17(15)20/h4,14-17,21H,3,5-12H2,1-2H3/t14-,15?,16?,17?,19-,20-/m0/s1. The second kappa shape index (κ2) is 4.93. The number of aliphatic hydroxyl groups excluding tert-OH is 1. The van der Waals surface area contributed by atoms with Gasteiger partial charge in [0.1, 0.15) is 5.78 Å². The second-order valence-electron chi connectivity index (χ2n) is 8.67. The lowest BCUT2D eigenvalue weighted by molar-refractivity contribution is -0.132.